The van der Waals surface area contributed by atoms with Crippen molar-refractivity contribution in [3.05, 3.63) is 0 Å². The smallest absolute Gasteiger partial charge is 0.0365 e. The molecule has 16 heavy (non-hydrogen) atoms. The molecule has 2 aliphatic rings. The molecule has 2 heteroatoms. The highest BCUT2D eigenvalue weighted by Crippen LogP contribution is 2.53. The Morgan fingerprint density at radius 1 is 1.38 bits per heavy atom. The lowest BCUT2D eigenvalue weighted by Crippen LogP contribution is -2.59. The molecule has 2 bridgehead atoms. The molecule has 2 rings (SSSR count). The van der Waals surface area contributed by atoms with E-state index in [9.17, 15) is 0 Å². The molecule has 0 aliphatic heterocycles. The maximum absolute atomic E-state index is 6.18. The van der Waals surface area contributed by atoms with E-state index in [-0.39, 0.29) is 0 Å². The van der Waals surface area contributed by atoms with Crippen LogP contribution in [0.1, 0.15) is 52.9 Å². The summed E-state index contributed by atoms with van der Waals surface area (Å²) in [5, 5.41) is 0. The fourth-order valence-corrected chi connectivity index (χ4v) is 4.37. The number of hydrogen-bond acceptors (Lipinski definition) is 2. The third-order valence-corrected chi connectivity index (χ3v) is 4.96. The van der Waals surface area contributed by atoms with Crippen molar-refractivity contribution in [2.45, 2.75) is 64.5 Å². The van der Waals surface area contributed by atoms with Crippen LogP contribution in [0.25, 0.3) is 0 Å². The van der Waals surface area contributed by atoms with Crippen LogP contribution in [0.5, 0.6) is 0 Å². The second-order valence-electron chi connectivity index (χ2n) is 6.17. The summed E-state index contributed by atoms with van der Waals surface area (Å²) in [6.45, 7) is 9.04. The number of hydrogen-bond donors (Lipinski definition) is 1. The molecule has 0 aromatic heterocycles. The predicted molar refractivity (Wildman–Crippen MR) is 69.4 cm³/mol. The largest absolute Gasteiger partial charge is 0.329 e. The lowest BCUT2D eigenvalue weighted by Gasteiger charge is -2.48. The average molecular weight is 224 g/mol. The maximum Gasteiger partial charge on any atom is 0.0365 e. The minimum absolute atomic E-state index is 0.354. The molecule has 0 aromatic rings. The standard InChI is InChI=1S/C14H28N2/c1-4-7-16(11(2)3)14(10-15)9-12-5-6-13(14)8-12/h11-13H,4-10,15H2,1-3H3. The van der Waals surface area contributed by atoms with E-state index in [1.165, 1.54) is 38.6 Å². The van der Waals surface area contributed by atoms with Crippen LogP contribution in [-0.4, -0.2) is 29.6 Å². The zero-order valence-electron chi connectivity index (χ0n) is 11.2. The normalized spacial score (nSPS) is 37.9. The second kappa shape index (κ2) is 4.66. The molecular formula is C14H28N2. The van der Waals surface area contributed by atoms with Crippen LogP contribution in [0, 0.1) is 11.8 Å². The number of rotatable bonds is 5. The monoisotopic (exact) mass is 224 g/mol. The zero-order valence-corrected chi connectivity index (χ0v) is 11.2. The van der Waals surface area contributed by atoms with Gasteiger partial charge in [0.05, 0.1) is 0 Å². The first-order valence-corrected chi connectivity index (χ1v) is 7.11. The molecule has 0 aromatic carbocycles. The summed E-state index contributed by atoms with van der Waals surface area (Å²) in [5.74, 6) is 1.86. The molecule has 0 spiro atoms. The Balaban J connectivity index is 2.19. The van der Waals surface area contributed by atoms with Crippen LogP contribution >= 0.6 is 0 Å². The minimum Gasteiger partial charge on any atom is -0.329 e. The van der Waals surface area contributed by atoms with Gasteiger partial charge in [-0.1, -0.05) is 13.3 Å². The highest BCUT2D eigenvalue weighted by molar-refractivity contribution is 5.08. The van der Waals surface area contributed by atoms with Crippen LogP contribution in [0.4, 0.5) is 0 Å². The van der Waals surface area contributed by atoms with E-state index >= 15 is 0 Å². The average Bonchev–Trinajstić information content (AvgIpc) is 2.85. The van der Waals surface area contributed by atoms with Crippen molar-refractivity contribution in [3.63, 3.8) is 0 Å². The van der Waals surface area contributed by atoms with Gasteiger partial charge < -0.3 is 5.73 Å². The number of nitrogens with two attached hydrogens (primary N) is 1. The van der Waals surface area contributed by atoms with Crippen LogP contribution in [0.3, 0.4) is 0 Å². The molecule has 94 valence electrons. The van der Waals surface area contributed by atoms with Gasteiger partial charge in [-0.15, -0.1) is 0 Å². The van der Waals surface area contributed by atoms with Crippen LogP contribution in [0.2, 0.25) is 0 Å². The van der Waals surface area contributed by atoms with Crippen molar-refractivity contribution in [2.75, 3.05) is 13.1 Å². The van der Waals surface area contributed by atoms with Crippen molar-refractivity contribution in [1.29, 1.82) is 0 Å². The summed E-state index contributed by atoms with van der Waals surface area (Å²) in [4.78, 5) is 2.72. The fraction of sp³-hybridized carbons (Fsp3) is 1.00. The van der Waals surface area contributed by atoms with Crippen molar-refractivity contribution in [1.82, 2.24) is 4.90 Å². The van der Waals surface area contributed by atoms with Gasteiger partial charge in [0, 0.05) is 18.1 Å². The number of nitrogens with zero attached hydrogens (tertiary/aromatic N) is 1. The van der Waals surface area contributed by atoms with Crippen LogP contribution in [0.15, 0.2) is 0 Å². The van der Waals surface area contributed by atoms with E-state index < -0.39 is 0 Å². The Bertz CT molecular complexity index is 239. The SMILES string of the molecule is CCCN(C(C)C)C1(CN)CC2CCC1C2. The van der Waals surface area contributed by atoms with E-state index in [1.54, 1.807) is 0 Å². The quantitative estimate of drug-likeness (QED) is 0.778. The van der Waals surface area contributed by atoms with E-state index in [1.807, 2.05) is 0 Å². The van der Waals surface area contributed by atoms with Crippen molar-refractivity contribution in [2.24, 2.45) is 17.6 Å². The first-order valence-electron chi connectivity index (χ1n) is 7.11. The molecule has 3 atom stereocenters. The molecule has 2 N–H and O–H groups in total. The molecule has 2 nitrogen and oxygen atoms in total. The summed E-state index contributed by atoms with van der Waals surface area (Å²) >= 11 is 0. The fourth-order valence-electron chi connectivity index (χ4n) is 4.37. The highest BCUT2D eigenvalue weighted by Gasteiger charge is 2.53. The van der Waals surface area contributed by atoms with Gasteiger partial charge in [-0.05, 0) is 57.9 Å². The predicted octanol–water partition coefficient (Wildman–Crippen LogP) is 2.62. The van der Waals surface area contributed by atoms with E-state index in [4.69, 9.17) is 5.73 Å². The summed E-state index contributed by atoms with van der Waals surface area (Å²) in [7, 11) is 0. The first-order chi connectivity index (χ1) is 7.64. The van der Waals surface area contributed by atoms with E-state index in [0.29, 0.717) is 11.6 Å². The molecule has 3 unspecified atom stereocenters. The highest BCUT2D eigenvalue weighted by atomic mass is 15.2. The van der Waals surface area contributed by atoms with Gasteiger partial charge in [-0.25, -0.2) is 0 Å². The summed E-state index contributed by atoms with van der Waals surface area (Å²) < 4.78 is 0. The second-order valence-corrected chi connectivity index (χ2v) is 6.17. The molecular weight excluding hydrogens is 196 g/mol. The molecule has 0 heterocycles. The van der Waals surface area contributed by atoms with Gasteiger partial charge in [-0.2, -0.15) is 0 Å². The molecule has 2 fully saturated rings. The van der Waals surface area contributed by atoms with Crippen molar-refractivity contribution in [3.8, 4) is 0 Å². The van der Waals surface area contributed by atoms with E-state index in [0.717, 1.165) is 18.4 Å². The molecule has 0 saturated heterocycles. The summed E-state index contributed by atoms with van der Waals surface area (Å²) in [6, 6.07) is 0.642. The lowest BCUT2D eigenvalue weighted by molar-refractivity contribution is 0.0160. The van der Waals surface area contributed by atoms with Gasteiger partial charge in [0.15, 0.2) is 0 Å². The third kappa shape index (κ3) is 1.80. The topological polar surface area (TPSA) is 29.3 Å². The van der Waals surface area contributed by atoms with Gasteiger partial charge in [0.25, 0.3) is 0 Å². The van der Waals surface area contributed by atoms with Gasteiger partial charge in [0.2, 0.25) is 0 Å². The number of fused-ring (bicyclic) bond motifs is 2. The Morgan fingerprint density at radius 3 is 2.50 bits per heavy atom. The minimum atomic E-state index is 0.354. The van der Waals surface area contributed by atoms with E-state index in [2.05, 4.69) is 25.7 Å². The molecule has 0 amide bonds. The summed E-state index contributed by atoms with van der Waals surface area (Å²) in [6.07, 6.45) is 6.95. The Hall–Kier alpha value is -0.0800. The van der Waals surface area contributed by atoms with Gasteiger partial charge in [-0.3, -0.25) is 4.90 Å². The van der Waals surface area contributed by atoms with Crippen LogP contribution in [-0.2, 0) is 0 Å². The van der Waals surface area contributed by atoms with Gasteiger partial charge in [0.1, 0.15) is 0 Å². The molecule has 2 aliphatic carbocycles. The third-order valence-electron chi connectivity index (χ3n) is 4.96. The summed E-state index contributed by atoms with van der Waals surface area (Å²) in [5.41, 5.74) is 6.54. The Labute approximate surface area is 101 Å². The Kier molecular flexibility index (Phi) is 3.60. The maximum atomic E-state index is 6.18. The first kappa shape index (κ1) is 12.4. The molecule has 0 radical (unpaired) electrons. The molecule has 2 saturated carbocycles. The van der Waals surface area contributed by atoms with Crippen LogP contribution < -0.4 is 5.73 Å². The van der Waals surface area contributed by atoms with Crippen molar-refractivity contribution >= 4 is 0 Å². The lowest BCUT2D eigenvalue weighted by atomic mass is 9.78. The Morgan fingerprint density at radius 2 is 2.12 bits per heavy atom. The van der Waals surface area contributed by atoms with Gasteiger partial charge >= 0.3 is 0 Å². The van der Waals surface area contributed by atoms with Crippen molar-refractivity contribution < 1.29 is 0 Å². The zero-order chi connectivity index (χ0) is 11.8.